The SMILES string of the molecule is CCOc1ccc(C2NC(=O)c3c(sc4c3CCC(C)C4)N2)cc1OC. The first-order chi connectivity index (χ1) is 12.6. The number of anilines is 1. The molecule has 1 amide bonds. The predicted octanol–water partition coefficient (Wildman–Crippen LogP) is 4.13. The van der Waals surface area contributed by atoms with E-state index >= 15 is 0 Å². The zero-order valence-electron chi connectivity index (χ0n) is 15.3. The molecule has 2 aliphatic rings. The van der Waals surface area contributed by atoms with Crippen molar-refractivity contribution in [3.8, 4) is 11.5 Å². The van der Waals surface area contributed by atoms with Crippen molar-refractivity contribution in [2.75, 3.05) is 19.0 Å². The van der Waals surface area contributed by atoms with Crippen LogP contribution in [0.4, 0.5) is 5.00 Å². The summed E-state index contributed by atoms with van der Waals surface area (Å²) in [6.45, 7) is 4.80. The Morgan fingerprint density at radius 2 is 2.12 bits per heavy atom. The zero-order valence-corrected chi connectivity index (χ0v) is 16.2. The number of ether oxygens (including phenoxy) is 2. The molecule has 26 heavy (non-hydrogen) atoms. The van der Waals surface area contributed by atoms with Crippen LogP contribution in [0, 0.1) is 5.92 Å². The Bertz CT molecular complexity index is 846. The zero-order chi connectivity index (χ0) is 18.3. The monoisotopic (exact) mass is 372 g/mol. The topological polar surface area (TPSA) is 59.6 Å². The molecule has 0 spiro atoms. The van der Waals surface area contributed by atoms with Gasteiger partial charge in [-0.15, -0.1) is 11.3 Å². The average Bonchev–Trinajstić information content (AvgIpc) is 3.00. The van der Waals surface area contributed by atoms with Crippen LogP contribution in [0.2, 0.25) is 0 Å². The fraction of sp³-hybridized carbons (Fsp3) is 0.450. The standard InChI is InChI=1S/C20H24N2O3S/c1-4-25-14-8-6-12(10-15(14)24-3)18-21-19(23)17-13-7-5-11(2)9-16(13)26-20(17)22-18/h6,8,10-11,18,22H,4-5,7,9H2,1-3H3,(H,21,23). The number of thiophene rings is 1. The molecular weight excluding hydrogens is 348 g/mol. The van der Waals surface area contributed by atoms with Crippen molar-refractivity contribution in [2.24, 2.45) is 5.92 Å². The van der Waals surface area contributed by atoms with E-state index in [0.29, 0.717) is 24.0 Å². The highest BCUT2D eigenvalue weighted by Gasteiger charge is 2.33. The quantitative estimate of drug-likeness (QED) is 0.847. The van der Waals surface area contributed by atoms with E-state index in [-0.39, 0.29) is 12.1 Å². The Labute approximate surface area is 157 Å². The number of benzene rings is 1. The Morgan fingerprint density at radius 1 is 1.27 bits per heavy atom. The molecule has 0 fully saturated rings. The second-order valence-corrected chi connectivity index (χ2v) is 8.06. The minimum Gasteiger partial charge on any atom is -0.493 e. The van der Waals surface area contributed by atoms with Gasteiger partial charge in [-0.05, 0) is 55.4 Å². The molecule has 0 bridgehead atoms. The van der Waals surface area contributed by atoms with Crippen molar-refractivity contribution in [3.63, 3.8) is 0 Å². The van der Waals surface area contributed by atoms with Gasteiger partial charge in [0.25, 0.3) is 5.91 Å². The summed E-state index contributed by atoms with van der Waals surface area (Å²) in [7, 11) is 1.63. The van der Waals surface area contributed by atoms with Gasteiger partial charge < -0.3 is 20.1 Å². The largest absolute Gasteiger partial charge is 0.493 e. The van der Waals surface area contributed by atoms with Gasteiger partial charge in [0.05, 0.1) is 19.3 Å². The van der Waals surface area contributed by atoms with E-state index in [0.717, 1.165) is 35.4 Å². The Hall–Kier alpha value is -2.21. The third-order valence-electron chi connectivity index (χ3n) is 5.11. The minimum absolute atomic E-state index is 0.0173. The number of carbonyl (C=O) groups excluding carboxylic acids is 1. The maximum Gasteiger partial charge on any atom is 0.256 e. The van der Waals surface area contributed by atoms with Gasteiger partial charge in [0.15, 0.2) is 11.5 Å². The van der Waals surface area contributed by atoms with Gasteiger partial charge in [0.2, 0.25) is 0 Å². The van der Waals surface area contributed by atoms with Gasteiger partial charge in [-0.25, -0.2) is 0 Å². The highest BCUT2D eigenvalue weighted by Crippen LogP contribution is 2.43. The lowest BCUT2D eigenvalue weighted by Crippen LogP contribution is -2.38. The highest BCUT2D eigenvalue weighted by atomic mass is 32.1. The minimum atomic E-state index is -0.267. The van der Waals surface area contributed by atoms with Crippen LogP contribution in [0.1, 0.15) is 52.8 Å². The molecule has 0 radical (unpaired) electrons. The molecule has 2 N–H and O–H groups in total. The number of hydrogen-bond donors (Lipinski definition) is 2. The Morgan fingerprint density at radius 3 is 2.88 bits per heavy atom. The van der Waals surface area contributed by atoms with Crippen LogP contribution in [-0.4, -0.2) is 19.6 Å². The first-order valence-corrected chi connectivity index (χ1v) is 9.95. The molecule has 0 saturated carbocycles. The second kappa shape index (κ2) is 6.83. The highest BCUT2D eigenvalue weighted by molar-refractivity contribution is 7.16. The molecule has 138 valence electrons. The molecule has 1 aromatic carbocycles. The number of hydrogen-bond acceptors (Lipinski definition) is 5. The number of methoxy groups -OCH3 is 1. The van der Waals surface area contributed by atoms with E-state index in [1.165, 1.54) is 10.4 Å². The van der Waals surface area contributed by atoms with E-state index in [4.69, 9.17) is 9.47 Å². The lowest BCUT2D eigenvalue weighted by atomic mass is 9.88. The normalized spacial score (nSPS) is 21.3. The smallest absolute Gasteiger partial charge is 0.256 e. The molecular formula is C20H24N2O3S. The van der Waals surface area contributed by atoms with Crippen molar-refractivity contribution in [2.45, 2.75) is 39.3 Å². The summed E-state index contributed by atoms with van der Waals surface area (Å²) in [4.78, 5) is 14.2. The van der Waals surface area contributed by atoms with Crippen LogP contribution >= 0.6 is 11.3 Å². The van der Waals surface area contributed by atoms with Gasteiger partial charge in [0.1, 0.15) is 11.2 Å². The van der Waals surface area contributed by atoms with E-state index in [1.54, 1.807) is 18.4 Å². The molecule has 2 atom stereocenters. The molecule has 4 rings (SSSR count). The van der Waals surface area contributed by atoms with Crippen LogP contribution in [0.3, 0.4) is 0 Å². The van der Waals surface area contributed by atoms with Gasteiger partial charge in [-0.1, -0.05) is 13.0 Å². The summed E-state index contributed by atoms with van der Waals surface area (Å²) >= 11 is 1.74. The number of fused-ring (bicyclic) bond motifs is 3. The lowest BCUT2D eigenvalue weighted by Gasteiger charge is -2.27. The fourth-order valence-corrected chi connectivity index (χ4v) is 5.20. The average molecular weight is 372 g/mol. The third-order valence-corrected chi connectivity index (χ3v) is 6.30. The number of amides is 1. The number of rotatable bonds is 4. The Balaban J connectivity index is 1.64. The van der Waals surface area contributed by atoms with Crippen molar-refractivity contribution in [1.82, 2.24) is 5.32 Å². The second-order valence-electron chi connectivity index (χ2n) is 6.95. The molecule has 6 heteroatoms. The van der Waals surface area contributed by atoms with E-state index < -0.39 is 0 Å². The molecule has 2 heterocycles. The van der Waals surface area contributed by atoms with Crippen LogP contribution in [-0.2, 0) is 12.8 Å². The molecule has 2 aromatic rings. The fourth-order valence-electron chi connectivity index (χ4n) is 3.77. The molecule has 5 nitrogen and oxygen atoms in total. The number of carbonyl (C=O) groups is 1. The summed E-state index contributed by atoms with van der Waals surface area (Å²) in [5.41, 5.74) is 3.05. The van der Waals surface area contributed by atoms with Gasteiger partial charge in [0, 0.05) is 4.88 Å². The van der Waals surface area contributed by atoms with Crippen LogP contribution in [0.25, 0.3) is 0 Å². The first kappa shape index (κ1) is 17.2. The van der Waals surface area contributed by atoms with Crippen molar-refractivity contribution in [1.29, 1.82) is 0 Å². The van der Waals surface area contributed by atoms with E-state index in [2.05, 4.69) is 17.6 Å². The summed E-state index contributed by atoms with van der Waals surface area (Å²) in [5, 5.41) is 7.60. The third kappa shape index (κ3) is 2.92. The summed E-state index contributed by atoms with van der Waals surface area (Å²) in [6, 6.07) is 5.78. The van der Waals surface area contributed by atoms with Gasteiger partial charge in [-0.3, -0.25) is 4.79 Å². The maximum absolute atomic E-state index is 12.8. The Kier molecular flexibility index (Phi) is 4.53. The van der Waals surface area contributed by atoms with Gasteiger partial charge in [-0.2, -0.15) is 0 Å². The molecule has 0 saturated heterocycles. The maximum atomic E-state index is 12.8. The molecule has 1 aromatic heterocycles. The predicted molar refractivity (Wildman–Crippen MR) is 104 cm³/mol. The van der Waals surface area contributed by atoms with Crippen LogP contribution < -0.4 is 20.1 Å². The van der Waals surface area contributed by atoms with E-state index in [9.17, 15) is 4.79 Å². The summed E-state index contributed by atoms with van der Waals surface area (Å²) in [6.07, 6.45) is 2.96. The molecule has 1 aliphatic heterocycles. The molecule has 2 unspecified atom stereocenters. The van der Waals surface area contributed by atoms with E-state index in [1.807, 2.05) is 25.1 Å². The van der Waals surface area contributed by atoms with Crippen molar-refractivity contribution >= 4 is 22.2 Å². The van der Waals surface area contributed by atoms with Crippen LogP contribution in [0.15, 0.2) is 18.2 Å². The summed E-state index contributed by atoms with van der Waals surface area (Å²) in [5.74, 6) is 2.09. The first-order valence-electron chi connectivity index (χ1n) is 9.13. The lowest BCUT2D eigenvalue weighted by molar-refractivity contribution is 0.0935. The van der Waals surface area contributed by atoms with Crippen LogP contribution in [0.5, 0.6) is 11.5 Å². The van der Waals surface area contributed by atoms with Crippen molar-refractivity contribution in [3.05, 3.63) is 39.8 Å². The van der Waals surface area contributed by atoms with Crippen molar-refractivity contribution < 1.29 is 14.3 Å². The summed E-state index contributed by atoms with van der Waals surface area (Å²) < 4.78 is 11.0. The van der Waals surface area contributed by atoms with Gasteiger partial charge >= 0.3 is 0 Å². The number of nitrogens with one attached hydrogen (secondary N) is 2. The molecule has 1 aliphatic carbocycles.